The molecule has 7 nitrogen and oxygen atoms in total. The van der Waals surface area contributed by atoms with Gasteiger partial charge < -0.3 is 25.5 Å². The number of alkyl halides is 3. The number of rotatable bonds is 4. The van der Waals surface area contributed by atoms with Gasteiger partial charge in [-0.05, 0) is 50.6 Å². The van der Waals surface area contributed by atoms with Crippen LogP contribution in [0.2, 0.25) is 0 Å². The van der Waals surface area contributed by atoms with Crippen LogP contribution in [0, 0.1) is 0 Å². The normalized spacial score (nSPS) is 22.3. The molecule has 0 unspecified atom stereocenters. The summed E-state index contributed by atoms with van der Waals surface area (Å²) in [6.45, 7) is 4.62. The van der Waals surface area contributed by atoms with Gasteiger partial charge in [-0.2, -0.15) is 13.2 Å². The summed E-state index contributed by atoms with van der Waals surface area (Å²) in [6.07, 6.45) is -3.51. The lowest BCUT2D eigenvalue weighted by molar-refractivity contribution is -0.137. The van der Waals surface area contributed by atoms with Crippen molar-refractivity contribution in [1.29, 1.82) is 0 Å². The third kappa shape index (κ3) is 5.74. The smallest absolute Gasteiger partial charge is 0.416 e. The molecule has 174 valence electrons. The molecule has 2 amide bonds. The predicted molar refractivity (Wildman–Crippen MR) is 112 cm³/mol. The molecule has 1 aromatic rings. The van der Waals surface area contributed by atoms with Crippen molar-refractivity contribution >= 4 is 30.1 Å². The van der Waals surface area contributed by atoms with E-state index in [9.17, 15) is 27.9 Å². The second-order valence-electron chi connectivity index (χ2n) is 7.97. The number of carboxylic acid groups (broad SMARTS) is 1. The molecule has 2 aliphatic heterocycles. The van der Waals surface area contributed by atoms with Crippen molar-refractivity contribution in [3.63, 3.8) is 0 Å². The highest BCUT2D eigenvalue weighted by atomic mass is 35.5. The van der Waals surface area contributed by atoms with E-state index in [0.29, 0.717) is 12.1 Å². The third-order valence-corrected chi connectivity index (χ3v) is 6.06. The fourth-order valence-electron chi connectivity index (χ4n) is 4.31. The second-order valence-corrected chi connectivity index (χ2v) is 7.97. The zero-order valence-corrected chi connectivity index (χ0v) is 18.1. The maximum Gasteiger partial charge on any atom is 0.416 e. The first kappa shape index (κ1) is 25.1. The Kier molecular flexibility index (Phi) is 8.04. The van der Waals surface area contributed by atoms with Gasteiger partial charge in [0, 0.05) is 25.3 Å². The number of benzene rings is 1. The summed E-state index contributed by atoms with van der Waals surface area (Å²) in [7, 11) is 0. The molecule has 3 rings (SSSR count). The first-order chi connectivity index (χ1) is 14.1. The number of likely N-dealkylation sites (tertiary alicyclic amines) is 1. The van der Waals surface area contributed by atoms with Gasteiger partial charge in [-0.15, -0.1) is 12.4 Å². The Labute approximate surface area is 185 Å². The van der Waals surface area contributed by atoms with E-state index in [-0.39, 0.29) is 55.6 Å². The van der Waals surface area contributed by atoms with E-state index in [0.717, 1.165) is 38.1 Å². The summed E-state index contributed by atoms with van der Waals surface area (Å²) < 4.78 is 38.6. The third-order valence-electron chi connectivity index (χ3n) is 6.06. The van der Waals surface area contributed by atoms with Crippen molar-refractivity contribution in [1.82, 2.24) is 14.7 Å². The molecular weight excluding hydrogens is 437 g/mol. The van der Waals surface area contributed by atoms with Crippen LogP contribution in [-0.2, 0) is 17.4 Å². The van der Waals surface area contributed by atoms with Crippen LogP contribution in [0.25, 0.3) is 0 Å². The van der Waals surface area contributed by atoms with Gasteiger partial charge in [0.25, 0.3) is 0 Å². The van der Waals surface area contributed by atoms with Crippen molar-refractivity contribution in [3.8, 4) is 0 Å². The van der Waals surface area contributed by atoms with Gasteiger partial charge in [0.05, 0.1) is 24.1 Å². The van der Waals surface area contributed by atoms with Crippen molar-refractivity contribution in [2.45, 2.75) is 44.4 Å². The van der Waals surface area contributed by atoms with Crippen molar-refractivity contribution < 1.29 is 27.9 Å². The maximum absolute atomic E-state index is 13.1. The van der Waals surface area contributed by atoms with Crippen LogP contribution in [0.3, 0.4) is 0 Å². The van der Waals surface area contributed by atoms with Crippen molar-refractivity contribution in [2.75, 3.05) is 38.5 Å². The van der Waals surface area contributed by atoms with E-state index in [1.807, 2.05) is 0 Å². The summed E-state index contributed by atoms with van der Waals surface area (Å²) in [5.74, 6) is -0.262. The molecule has 2 saturated heterocycles. The molecule has 0 radical (unpaired) electrons. The van der Waals surface area contributed by atoms with Crippen LogP contribution in [0.4, 0.5) is 23.7 Å². The number of nitrogens with two attached hydrogens (primary N) is 1. The number of carbonyl (C=O) groups excluding carboxylic acids is 1. The minimum absolute atomic E-state index is 0. The van der Waals surface area contributed by atoms with E-state index in [1.165, 1.54) is 11.0 Å². The molecule has 0 aromatic heterocycles. The molecule has 2 fully saturated rings. The number of nitrogens with zero attached hydrogens (tertiary/aromatic N) is 3. The van der Waals surface area contributed by atoms with Crippen LogP contribution in [0.5, 0.6) is 0 Å². The molecule has 2 heterocycles. The largest absolute Gasteiger partial charge is 0.465 e. The van der Waals surface area contributed by atoms with E-state index in [2.05, 4.69) is 4.90 Å². The van der Waals surface area contributed by atoms with Gasteiger partial charge >= 0.3 is 12.3 Å². The van der Waals surface area contributed by atoms with Crippen LogP contribution in [0.15, 0.2) is 18.2 Å². The molecule has 0 bridgehead atoms. The summed E-state index contributed by atoms with van der Waals surface area (Å²) in [4.78, 5) is 29.9. The number of amides is 2. The minimum Gasteiger partial charge on any atom is -0.465 e. The number of halogens is 4. The highest BCUT2D eigenvalue weighted by Gasteiger charge is 2.39. The second kappa shape index (κ2) is 9.95. The molecule has 0 spiro atoms. The molecule has 2 atom stereocenters. The fraction of sp³-hybridized carbons (Fsp3) is 0.600. The monoisotopic (exact) mass is 464 g/mol. The highest BCUT2D eigenvalue weighted by molar-refractivity contribution is 5.85. The number of hydrogen-bond acceptors (Lipinski definition) is 4. The molecule has 1 aromatic carbocycles. The molecule has 0 aliphatic carbocycles. The van der Waals surface area contributed by atoms with E-state index in [1.54, 1.807) is 11.8 Å². The minimum atomic E-state index is -4.50. The van der Waals surface area contributed by atoms with E-state index in [4.69, 9.17) is 5.73 Å². The Bertz CT molecular complexity index is 802. The van der Waals surface area contributed by atoms with Crippen LogP contribution in [0.1, 0.15) is 30.9 Å². The molecule has 0 saturated carbocycles. The molecule has 3 N–H and O–H groups in total. The first-order valence-corrected chi connectivity index (χ1v) is 10.0. The number of carbonyl (C=O) groups is 2. The number of anilines is 1. The highest BCUT2D eigenvalue weighted by Crippen LogP contribution is 2.32. The Morgan fingerprint density at radius 3 is 2.29 bits per heavy atom. The Hall–Kier alpha value is -2.20. The van der Waals surface area contributed by atoms with Crippen LogP contribution in [-0.4, -0.2) is 76.6 Å². The van der Waals surface area contributed by atoms with Gasteiger partial charge in [-0.3, -0.25) is 4.79 Å². The summed E-state index contributed by atoms with van der Waals surface area (Å²) in [5, 5.41) is 9.48. The van der Waals surface area contributed by atoms with E-state index < -0.39 is 17.8 Å². The summed E-state index contributed by atoms with van der Waals surface area (Å²) >= 11 is 0. The van der Waals surface area contributed by atoms with Gasteiger partial charge in [-0.25, -0.2) is 4.79 Å². The topological polar surface area (TPSA) is 90.1 Å². The fourth-order valence-corrected chi connectivity index (χ4v) is 4.31. The Balaban J connectivity index is 0.00000341. The number of hydrogen-bond donors (Lipinski definition) is 2. The standard InChI is InChI=1S/C20H27F3N4O3.ClH/c1-13-17(12-25-6-2-3-7-25)27(9-8-26(13)19(29)30)18(28)10-14-4-5-15(11-16(14)24)20(21,22)23;/h4-5,11,13,17H,2-3,6-10,12,24H2,1H3,(H,29,30);1H/t13-,17+;/m1./s1. The van der Waals surface area contributed by atoms with Gasteiger partial charge in [-0.1, -0.05) is 6.07 Å². The maximum atomic E-state index is 13.1. The molecular formula is C20H28ClF3N4O3. The average molecular weight is 465 g/mol. The van der Waals surface area contributed by atoms with Gasteiger partial charge in [0.15, 0.2) is 0 Å². The summed E-state index contributed by atoms with van der Waals surface area (Å²) in [5.41, 5.74) is 5.19. The zero-order chi connectivity index (χ0) is 22.1. The zero-order valence-electron chi connectivity index (χ0n) is 17.3. The molecule has 31 heavy (non-hydrogen) atoms. The lowest BCUT2D eigenvalue weighted by atomic mass is 10.00. The van der Waals surface area contributed by atoms with Gasteiger partial charge in [0.2, 0.25) is 5.91 Å². The lowest BCUT2D eigenvalue weighted by Gasteiger charge is -2.46. The number of nitrogen functional groups attached to an aromatic ring is 1. The first-order valence-electron chi connectivity index (χ1n) is 10.0. The summed E-state index contributed by atoms with van der Waals surface area (Å²) in [6, 6.07) is 2.30. The Morgan fingerprint density at radius 1 is 1.13 bits per heavy atom. The van der Waals surface area contributed by atoms with Crippen LogP contribution < -0.4 is 5.73 Å². The number of piperazine rings is 1. The Morgan fingerprint density at radius 2 is 1.74 bits per heavy atom. The predicted octanol–water partition coefficient (Wildman–Crippen LogP) is 2.93. The molecule has 11 heteroatoms. The van der Waals surface area contributed by atoms with Crippen molar-refractivity contribution in [2.24, 2.45) is 0 Å². The van der Waals surface area contributed by atoms with Crippen LogP contribution >= 0.6 is 12.4 Å². The van der Waals surface area contributed by atoms with Gasteiger partial charge in [0.1, 0.15) is 0 Å². The van der Waals surface area contributed by atoms with E-state index >= 15 is 0 Å². The lowest BCUT2D eigenvalue weighted by Crippen LogP contribution is -2.64. The quantitative estimate of drug-likeness (QED) is 0.669. The average Bonchev–Trinajstić information content (AvgIpc) is 3.16. The molecule has 2 aliphatic rings. The van der Waals surface area contributed by atoms with Crippen molar-refractivity contribution in [3.05, 3.63) is 29.3 Å². The SMILES string of the molecule is C[C@@H]1[C@H](CN2CCCC2)N(C(=O)Cc2ccc(C(F)(F)F)cc2N)CCN1C(=O)O.Cl.